The van der Waals surface area contributed by atoms with E-state index in [-0.39, 0.29) is 12.6 Å². The quantitative estimate of drug-likeness (QED) is 0.544. The van der Waals surface area contributed by atoms with Crippen molar-refractivity contribution in [1.29, 1.82) is 0 Å². The molecule has 1 amide bonds. The van der Waals surface area contributed by atoms with E-state index in [9.17, 15) is 4.79 Å². The predicted molar refractivity (Wildman–Crippen MR) is 106 cm³/mol. The van der Waals surface area contributed by atoms with Gasteiger partial charge in [0.1, 0.15) is 5.75 Å². The van der Waals surface area contributed by atoms with Gasteiger partial charge in [0.2, 0.25) is 0 Å². The summed E-state index contributed by atoms with van der Waals surface area (Å²) < 4.78 is 9.61. The second kappa shape index (κ2) is 8.33. The van der Waals surface area contributed by atoms with Gasteiger partial charge < -0.3 is 9.64 Å². The SMILES string of the molecule is CN(Cc1c(Cl)cnn1C)C(=O)c1ccn(COc2ccc(Cl)cc2Br)n1. The van der Waals surface area contributed by atoms with E-state index in [1.165, 1.54) is 4.90 Å². The molecule has 0 radical (unpaired) electrons. The third-order valence-corrected chi connectivity index (χ3v) is 5.02. The molecule has 27 heavy (non-hydrogen) atoms. The molecule has 7 nitrogen and oxygen atoms in total. The monoisotopic (exact) mass is 471 g/mol. The largest absolute Gasteiger partial charge is 0.470 e. The molecule has 0 saturated carbocycles. The lowest BCUT2D eigenvalue weighted by Crippen LogP contribution is -2.28. The number of halogens is 3. The van der Waals surface area contributed by atoms with Crippen LogP contribution in [-0.4, -0.2) is 37.4 Å². The molecular weight excluding hydrogens is 457 g/mol. The topological polar surface area (TPSA) is 65.2 Å². The molecule has 0 N–H and O–H groups in total. The van der Waals surface area contributed by atoms with E-state index in [0.717, 1.165) is 10.2 Å². The molecule has 0 aliphatic carbocycles. The first-order valence-corrected chi connectivity index (χ1v) is 9.43. The fourth-order valence-corrected chi connectivity index (χ4v) is 3.40. The number of amides is 1. The lowest BCUT2D eigenvalue weighted by Gasteiger charge is -2.16. The summed E-state index contributed by atoms with van der Waals surface area (Å²) in [6.45, 7) is 0.486. The van der Waals surface area contributed by atoms with Gasteiger partial charge in [-0.1, -0.05) is 23.2 Å². The van der Waals surface area contributed by atoms with Crippen molar-refractivity contribution < 1.29 is 9.53 Å². The minimum absolute atomic E-state index is 0.158. The molecule has 0 fully saturated rings. The van der Waals surface area contributed by atoms with Gasteiger partial charge in [-0.2, -0.15) is 10.2 Å². The van der Waals surface area contributed by atoms with Crippen LogP contribution in [0.4, 0.5) is 0 Å². The zero-order valence-electron chi connectivity index (χ0n) is 14.6. The molecule has 2 aromatic heterocycles. The number of benzene rings is 1. The number of rotatable bonds is 6. The van der Waals surface area contributed by atoms with Crippen molar-refractivity contribution in [2.75, 3.05) is 7.05 Å². The maximum Gasteiger partial charge on any atom is 0.274 e. The van der Waals surface area contributed by atoms with Crippen LogP contribution in [0.25, 0.3) is 0 Å². The van der Waals surface area contributed by atoms with Gasteiger partial charge in [-0.25, -0.2) is 4.68 Å². The van der Waals surface area contributed by atoms with Gasteiger partial charge in [0, 0.05) is 25.3 Å². The first-order valence-electron chi connectivity index (χ1n) is 7.88. The zero-order valence-corrected chi connectivity index (χ0v) is 17.7. The minimum Gasteiger partial charge on any atom is -0.470 e. The molecule has 3 rings (SSSR count). The van der Waals surface area contributed by atoms with Crippen LogP contribution in [-0.2, 0) is 20.3 Å². The second-order valence-corrected chi connectivity index (χ2v) is 7.51. The fraction of sp³-hybridized carbons (Fsp3) is 0.235. The molecule has 0 saturated heterocycles. The normalized spacial score (nSPS) is 10.9. The van der Waals surface area contributed by atoms with Crippen molar-refractivity contribution >= 4 is 45.0 Å². The van der Waals surface area contributed by atoms with Crippen LogP contribution < -0.4 is 4.74 Å². The summed E-state index contributed by atoms with van der Waals surface area (Å²) in [5.41, 5.74) is 1.07. The lowest BCUT2D eigenvalue weighted by atomic mass is 10.3. The molecule has 0 atom stereocenters. The van der Waals surface area contributed by atoms with Crippen molar-refractivity contribution in [2.24, 2.45) is 7.05 Å². The number of nitrogens with zero attached hydrogens (tertiary/aromatic N) is 5. The maximum absolute atomic E-state index is 12.6. The number of ether oxygens (including phenoxy) is 1. The van der Waals surface area contributed by atoms with Gasteiger partial charge in [0.05, 0.1) is 27.9 Å². The molecule has 1 aromatic carbocycles. The molecule has 0 spiro atoms. The van der Waals surface area contributed by atoms with E-state index < -0.39 is 0 Å². The van der Waals surface area contributed by atoms with Crippen LogP contribution in [0, 0.1) is 0 Å². The molecule has 10 heteroatoms. The van der Waals surface area contributed by atoms with Crippen molar-refractivity contribution in [3.05, 3.63) is 62.6 Å². The Bertz CT molecular complexity index is 953. The average Bonchev–Trinajstić information content (AvgIpc) is 3.22. The van der Waals surface area contributed by atoms with Gasteiger partial charge in [-0.05, 0) is 40.2 Å². The summed E-state index contributed by atoms with van der Waals surface area (Å²) in [4.78, 5) is 14.1. The molecule has 2 heterocycles. The van der Waals surface area contributed by atoms with Crippen molar-refractivity contribution in [3.8, 4) is 5.75 Å². The smallest absolute Gasteiger partial charge is 0.274 e. The lowest BCUT2D eigenvalue weighted by molar-refractivity contribution is 0.0774. The number of hydrogen-bond donors (Lipinski definition) is 0. The molecule has 0 aliphatic rings. The van der Waals surface area contributed by atoms with E-state index in [1.54, 1.807) is 60.1 Å². The summed E-state index contributed by atoms with van der Waals surface area (Å²) in [5, 5.41) is 9.47. The van der Waals surface area contributed by atoms with E-state index >= 15 is 0 Å². The third kappa shape index (κ3) is 4.63. The van der Waals surface area contributed by atoms with E-state index in [1.807, 2.05) is 0 Å². The summed E-state index contributed by atoms with van der Waals surface area (Å²) in [6.07, 6.45) is 3.23. The molecular formula is C17H16BrCl2N5O2. The number of aryl methyl sites for hydroxylation is 1. The highest BCUT2D eigenvalue weighted by molar-refractivity contribution is 9.10. The van der Waals surface area contributed by atoms with Crippen LogP contribution in [0.5, 0.6) is 5.75 Å². The molecule has 0 aliphatic heterocycles. The molecule has 0 bridgehead atoms. The van der Waals surface area contributed by atoms with Crippen molar-refractivity contribution in [3.63, 3.8) is 0 Å². The zero-order chi connectivity index (χ0) is 19.6. The first kappa shape index (κ1) is 19.7. The van der Waals surface area contributed by atoms with Gasteiger partial charge in [0.25, 0.3) is 5.91 Å². The highest BCUT2D eigenvalue weighted by Crippen LogP contribution is 2.28. The Morgan fingerprint density at radius 1 is 1.33 bits per heavy atom. The summed E-state index contributed by atoms with van der Waals surface area (Å²) in [7, 11) is 3.46. The average molecular weight is 473 g/mol. The highest BCUT2D eigenvalue weighted by Gasteiger charge is 2.18. The number of carbonyl (C=O) groups is 1. The summed E-state index contributed by atoms with van der Waals surface area (Å²) in [6, 6.07) is 6.88. The minimum atomic E-state index is -0.223. The van der Waals surface area contributed by atoms with Crippen molar-refractivity contribution in [2.45, 2.75) is 13.3 Å². The van der Waals surface area contributed by atoms with Crippen molar-refractivity contribution in [1.82, 2.24) is 24.5 Å². The number of aromatic nitrogens is 4. The van der Waals surface area contributed by atoms with Gasteiger partial charge >= 0.3 is 0 Å². The Labute approximate surface area is 174 Å². The Kier molecular flexibility index (Phi) is 6.08. The van der Waals surface area contributed by atoms with E-state index in [0.29, 0.717) is 28.0 Å². The van der Waals surface area contributed by atoms with Crippen LogP contribution in [0.15, 0.2) is 41.1 Å². The molecule has 3 aromatic rings. The van der Waals surface area contributed by atoms with Gasteiger partial charge in [-0.15, -0.1) is 0 Å². The predicted octanol–water partition coefficient (Wildman–Crippen LogP) is 3.99. The molecule has 142 valence electrons. The van der Waals surface area contributed by atoms with E-state index in [4.69, 9.17) is 27.9 Å². The van der Waals surface area contributed by atoms with Gasteiger partial charge in [-0.3, -0.25) is 9.48 Å². The Balaban J connectivity index is 1.63. The number of hydrogen-bond acceptors (Lipinski definition) is 4. The number of carbonyl (C=O) groups excluding carboxylic acids is 1. The second-order valence-electron chi connectivity index (χ2n) is 5.81. The van der Waals surface area contributed by atoms with Crippen LogP contribution in [0.2, 0.25) is 10.0 Å². The molecule has 0 unspecified atom stereocenters. The van der Waals surface area contributed by atoms with E-state index in [2.05, 4.69) is 26.1 Å². The van der Waals surface area contributed by atoms with Crippen LogP contribution >= 0.6 is 39.1 Å². The maximum atomic E-state index is 12.6. The fourth-order valence-electron chi connectivity index (χ4n) is 2.38. The highest BCUT2D eigenvalue weighted by atomic mass is 79.9. The van der Waals surface area contributed by atoms with Crippen LogP contribution in [0.1, 0.15) is 16.2 Å². The summed E-state index contributed by atoms with van der Waals surface area (Å²) in [5.74, 6) is 0.407. The Hall–Kier alpha value is -2.03. The third-order valence-electron chi connectivity index (χ3n) is 3.85. The standard InChI is InChI=1S/C17H16BrCl2N5O2/c1-23(9-15-13(20)8-21-24(15)2)17(26)14-5-6-25(22-14)10-27-16-4-3-11(19)7-12(16)18/h3-8H,9-10H2,1-2H3. The van der Waals surface area contributed by atoms with Gasteiger partial charge in [0.15, 0.2) is 12.4 Å². The first-order chi connectivity index (χ1) is 12.8. The Morgan fingerprint density at radius 3 is 2.78 bits per heavy atom. The Morgan fingerprint density at radius 2 is 2.11 bits per heavy atom. The van der Waals surface area contributed by atoms with Crippen LogP contribution in [0.3, 0.4) is 0 Å². The summed E-state index contributed by atoms with van der Waals surface area (Å²) >= 11 is 15.4.